The minimum atomic E-state index is -0.175. The fourth-order valence-electron chi connectivity index (χ4n) is 2.98. The Morgan fingerprint density at radius 2 is 2.05 bits per heavy atom. The van der Waals surface area contributed by atoms with Crippen molar-refractivity contribution in [2.45, 2.75) is 44.0 Å². The first-order valence-electron chi connectivity index (χ1n) is 6.62. The molecule has 5 heteroatoms. The summed E-state index contributed by atoms with van der Waals surface area (Å²) < 4.78 is 16.6. The van der Waals surface area contributed by atoms with Gasteiger partial charge in [-0.05, 0) is 41.5 Å². The van der Waals surface area contributed by atoms with E-state index in [-0.39, 0.29) is 5.82 Å². The van der Waals surface area contributed by atoms with Crippen LogP contribution in [-0.4, -0.2) is 9.55 Å². The number of fused-ring (bicyclic) bond motifs is 1. The van der Waals surface area contributed by atoms with Crippen molar-refractivity contribution in [3.63, 3.8) is 0 Å². The van der Waals surface area contributed by atoms with Crippen LogP contribution in [0.5, 0.6) is 0 Å². The molecule has 3 rings (SSSR count). The van der Waals surface area contributed by atoms with Gasteiger partial charge in [-0.15, -0.1) is 11.6 Å². The SMILES string of the molecule is Fc1cc2c(cc1I)nc(CCl)n2C1CCCCC1. The maximum absolute atomic E-state index is 13.8. The summed E-state index contributed by atoms with van der Waals surface area (Å²) in [6.07, 6.45) is 6.05. The summed E-state index contributed by atoms with van der Waals surface area (Å²) in [7, 11) is 0. The van der Waals surface area contributed by atoms with Crippen molar-refractivity contribution in [2.24, 2.45) is 0 Å². The maximum Gasteiger partial charge on any atom is 0.138 e. The van der Waals surface area contributed by atoms with Crippen molar-refractivity contribution in [3.05, 3.63) is 27.3 Å². The summed E-state index contributed by atoms with van der Waals surface area (Å²) in [5, 5.41) is 0. The number of hydrogen-bond acceptors (Lipinski definition) is 1. The normalized spacial score (nSPS) is 17.2. The third-order valence-corrected chi connectivity index (χ3v) is 4.93. The molecule has 0 aliphatic heterocycles. The Hall–Kier alpha value is -0.360. The van der Waals surface area contributed by atoms with E-state index >= 15 is 0 Å². The van der Waals surface area contributed by atoms with Gasteiger partial charge in [0.15, 0.2) is 0 Å². The number of aromatic nitrogens is 2. The van der Waals surface area contributed by atoms with Gasteiger partial charge < -0.3 is 4.57 Å². The van der Waals surface area contributed by atoms with E-state index in [0.29, 0.717) is 15.5 Å². The predicted molar refractivity (Wildman–Crippen MR) is 84.1 cm³/mol. The molecule has 0 unspecified atom stereocenters. The highest BCUT2D eigenvalue weighted by Crippen LogP contribution is 2.33. The molecule has 0 amide bonds. The van der Waals surface area contributed by atoms with Gasteiger partial charge in [0, 0.05) is 12.1 Å². The maximum atomic E-state index is 13.8. The van der Waals surface area contributed by atoms with Crippen LogP contribution in [0.15, 0.2) is 12.1 Å². The summed E-state index contributed by atoms with van der Waals surface area (Å²) in [4.78, 5) is 4.57. The lowest BCUT2D eigenvalue weighted by Crippen LogP contribution is -2.15. The zero-order valence-corrected chi connectivity index (χ0v) is 13.4. The van der Waals surface area contributed by atoms with Crippen LogP contribution in [0.3, 0.4) is 0 Å². The highest BCUT2D eigenvalue weighted by molar-refractivity contribution is 14.1. The van der Waals surface area contributed by atoms with E-state index in [0.717, 1.165) is 29.7 Å². The monoisotopic (exact) mass is 392 g/mol. The summed E-state index contributed by atoms with van der Waals surface area (Å²) in [5.41, 5.74) is 1.74. The first-order valence-corrected chi connectivity index (χ1v) is 8.24. The molecule has 0 N–H and O–H groups in total. The molecule has 1 aliphatic carbocycles. The molecule has 1 saturated carbocycles. The standard InChI is InChI=1S/C14H15ClFIN2/c15-8-14-18-12-7-11(17)10(16)6-13(12)19(14)9-4-2-1-3-5-9/h6-7,9H,1-5,8H2. The molecular weight excluding hydrogens is 378 g/mol. The van der Waals surface area contributed by atoms with Gasteiger partial charge in [0.1, 0.15) is 11.6 Å². The Morgan fingerprint density at radius 3 is 2.74 bits per heavy atom. The van der Waals surface area contributed by atoms with Gasteiger partial charge >= 0.3 is 0 Å². The third kappa shape index (κ3) is 2.49. The molecule has 19 heavy (non-hydrogen) atoms. The van der Waals surface area contributed by atoms with Gasteiger partial charge in [-0.2, -0.15) is 0 Å². The second kappa shape index (κ2) is 5.56. The number of hydrogen-bond donors (Lipinski definition) is 0. The number of alkyl halides is 1. The first-order chi connectivity index (χ1) is 9.20. The van der Waals surface area contributed by atoms with Crippen molar-refractivity contribution in [2.75, 3.05) is 0 Å². The zero-order valence-electron chi connectivity index (χ0n) is 10.5. The van der Waals surface area contributed by atoms with Crippen molar-refractivity contribution in [1.29, 1.82) is 0 Å². The van der Waals surface area contributed by atoms with Crippen molar-refractivity contribution < 1.29 is 4.39 Å². The average Bonchev–Trinajstić information content (AvgIpc) is 2.78. The van der Waals surface area contributed by atoms with Gasteiger partial charge in [0.05, 0.1) is 20.5 Å². The number of nitrogens with zero attached hydrogens (tertiary/aromatic N) is 2. The molecular formula is C14H15ClFIN2. The lowest BCUT2D eigenvalue weighted by molar-refractivity contribution is 0.354. The molecule has 1 aromatic carbocycles. The van der Waals surface area contributed by atoms with Gasteiger partial charge in [-0.25, -0.2) is 9.37 Å². The minimum absolute atomic E-state index is 0.175. The van der Waals surface area contributed by atoms with Crippen molar-refractivity contribution >= 4 is 45.2 Å². The number of halogens is 3. The lowest BCUT2D eigenvalue weighted by Gasteiger charge is -2.25. The van der Waals surface area contributed by atoms with E-state index < -0.39 is 0 Å². The number of benzene rings is 1. The van der Waals surface area contributed by atoms with E-state index in [1.807, 2.05) is 22.6 Å². The molecule has 0 bridgehead atoms. The smallest absolute Gasteiger partial charge is 0.138 e. The van der Waals surface area contributed by atoms with Crippen LogP contribution in [0.25, 0.3) is 11.0 Å². The van der Waals surface area contributed by atoms with E-state index in [9.17, 15) is 4.39 Å². The molecule has 0 atom stereocenters. The quantitative estimate of drug-likeness (QED) is 0.518. The third-order valence-electron chi connectivity index (χ3n) is 3.86. The molecule has 0 saturated heterocycles. The summed E-state index contributed by atoms with van der Waals surface area (Å²) in [6.45, 7) is 0. The van der Waals surface area contributed by atoms with Crippen LogP contribution in [-0.2, 0) is 5.88 Å². The Bertz CT molecular complexity index is 605. The average molecular weight is 393 g/mol. The van der Waals surface area contributed by atoms with Crippen molar-refractivity contribution in [1.82, 2.24) is 9.55 Å². The number of rotatable bonds is 2. The molecule has 0 radical (unpaired) electrons. The molecule has 102 valence electrons. The fourth-order valence-corrected chi connectivity index (χ4v) is 3.62. The molecule has 1 aliphatic rings. The van der Waals surface area contributed by atoms with Gasteiger partial charge in [-0.3, -0.25) is 0 Å². The minimum Gasteiger partial charge on any atom is -0.324 e. The lowest BCUT2D eigenvalue weighted by atomic mass is 9.95. The summed E-state index contributed by atoms with van der Waals surface area (Å²) >= 11 is 8.03. The van der Waals surface area contributed by atoms with Crippen LogP contribution in [0, 0.1) is 9.39 Å². The topological polar surface area (TPSA) is 17.8 Å². The second-order valence-electron chi connectivity index (χ2n) is 5.08. The Labute approximate surface area is 130 Å². The summed E-state index contributed by atoms with van der Waals surface area (Å²) in [6, 6.07) is 3.84. The van der Waals surface area contributed by atoms with Gasteiger partial charge in [-0.1, -0.05) is 19.3 Å². The van der Waals surface area contributed by atoms with Crippen LogP contribution in [0.4, 0.5) is 4.39 Å². The molecule has 2 aromatic rings. The first kappa shape index (κ1) is 13.6. The zero-order chi connectivity index (χ0) is 13.4. The van der Waals surface area contributed by atoms with E-state index in [2.05, 4.69) is 9.55 Å². The molecule has 2 nitrogen and oxygen atoms in total. The Balaban J connectivity index is 2.16. The van der Waals surface area contributed by atoms with Crippen LogP contribution >= 0.6 is 34.2 Å². The predicted octanol–water partition coefficient (Wildman–Crippen LogP) is 5.02. The highest BCUT2D eigenvalue weighted by atomic mass is 127. The summed E-state index contributed by atoms with van der Waals surface area (Å²) in [5.74, 6) is 1.07. The Kier molecular flexibility index (Phi) is 3.98. The van der Waals surface area contributed by atoms with Gasteiger partial charge in [0.2, 0.25) is 0 Å². The second-order valence-corrected chi connectivity index (χ2v) is 6.51. The van der Waals surface area contributed by atoms with E-state index in [1.54, 1.807) is 12.1 Å². The largest absolute Gasteiger partial charge is 0.324 e. The number of imidazole rings is 1. The molecule has 1 fully saturated rings. The highest BCUT2D eigenvalue weighted by Gasteiger charge is 2.21. The van der Waals surface area contributed by atoms with Crippen LogP contribution in [0.2, 0.25) is 0 Å². The van der Waals surface area contributed by atoms with E-state index in [1.165, 1.54) is 19.3 Å². The molecule has 0 spiro atoms. The molecule has 1 heterocycles. The fraction of sp³-hybridized carbons (Fsp3) is 0.500. The molecule has 1 aromatic heterocycles. The van der Waals surface area contributed by atoms with E-state index in [4.69, 9.17) is 11.6 Å². The van der Waals surface area contributed by atoms with Crippen LogP contribution in [0.1, 0.15) is 44.0 Å². The van der Waals surface area contributed by atoms with Crippen molar-refractivity contribution in [3.8, 4) is 0 Å². The van der Waals surface area contributed by atoms with Gasteiger partial charge in [0.25, 0.3) is 0 Å². The van der Waals surface area contributed by atoms with Crippen LogP contribution < -0.4 is 0 Å². The Morgan fingerprint density at radius 1 is 1.32 bits per heavy atom.